The van der Waals surface area contributed by atoms with Crippen molar-refractivity contribution in [2.75, 3.05) is 13.1 Å². The molecule has 1 fully saturated rings. The van der Waals surface area contributed by atoms with Crippen LogP contribution in [0.2, 0.25) is 5.15 Å². The average Bonchev–Trinajstić information content (AvgIpc) is 3.25. The molecule has 1 aliphatic rings. The largest absolute Gasteiger partial charge is 0.435 e. The fourth-order valence-corrected chi connectivity index (χ4v) is 3.39. The summed E-state index contributed by atoms with van der Waals surface area (Å²) >= 11 is 6.22. The Hall–Kier alpha value is -2.22. The van der Waals surface area contributed by atoms with E-state index in [1.54, 1.807) is 6.92 Å². The van der Waals surface area contributed by atoms with Crippen molar-refractivity contribution in [2.24, 2.45) is 5.92 Å². The van der Waals surface area contributed by atoms with Gasteiger partial charge in [0, 0.05) is 25.0 Å². The number of allylic oxidation sites excluding steroid dienone is 2. The molecule has 28 heavy (non-hydrogen) atoms. The fraction of sp³-hybridized carbons (Fsp3) is 0.474. The molecule has 0 bridgehead atoms. The number of alkyl halides is 3. The predicted molar refractivity (Wildman–Crippen MR) is 102 cm³/mol. The van der Waals surface area contributed by atoms with Crippen LogP contribution in [0.25, 0.3) is 11.5 Å². The number of carbonyl (C=O) groups is 1. The first kappa shape index (κ1) is 20.5. The molecule has 1 aliphatic carbocycles. The molecule has 1 amide bonds. The average molecular weight is 415 g/mol. The number of hydrogen-bond acceptors (Lipinski definition) is 2. The maximum Gasteiger partial charge on any atom is 0.435 e. The lowest BCUT2D eigenvalue weighted by Crippen LogP contribution is -2.35. The third kappa shape index (κ3) is 3.70. The molecule has 0 unspecified atom stereocenters. The second-order valence-electron chi connectivity index (χ2n) is 7.19. The van der Waals surface area contributed by atoms with Crippen LogP contribution in [0.5, 0.6) is 0 Å². The molecule has 9 heteroatoms. The van der Waals surface area contributed by atoms with Crippen molar-refractivity contribution in [3.05, 3.63) is 41.5 Å². The van der Waals surface area contributed by atoms with E-state index in [0.29, 0.717) is 36.7 Å². The highest BCUT2D eigenvalue weighted by molar-refractivity contribution is 6.30. The van der Waals surface area contributed by atoms with E-state index >= 15 is 0 Å². The summed E-state index contributed by atoms with van der Waals surface area (Å²) in [4.78, 5) is 18.4. The molecule has 0 N–H and O–H groups in total. The van der Waals surface area contributed by atoms with Gasteiger partial charge in [0.15, 0.2) is 5.69 Å². The first-order chi connectivity index (χ1) is 13.1. The van der Waals surface area contributed by atoms with Gasteiger partial charge in [-0.15, -0.1) is 0 Å². The van der Waals surface area contributed by atoms with E-state index in [2.05, 4.69) is 18.1 Å². The van der Waals surface area contributed by atoms with Gasteiger partial charge in [-0.25, -0.2) is 4.98 Å². The molecule has 0 radical (unpaired) electrons. The molecule has 2 heterocycles. The highest BCUT2D eigenvalue weighted by Crippen LogP contribution is 2.36. The summed E-state index contributed by atoms with van der Waals surface area (Å²) in [5.41, 5.74) is -0.914. The van der Waals surface area contributed by atoms with Crippen molar-refractivity contribution in [3.8, 4) is 0 Å². The highest BCUT2D eigenvalue weighted by Gasteiger charge is 2.42. The molecular formula is C19H22ClF3N4O. The Morgan fingerprint density at radius 2 is 2.04 bits per heavy atom. The van der Waals surface area contributed by atoms with Crippen molar-refractivity contribution in [1.29, 1.82) is 0 Å². The Bertz CT molecular complexity index is 953. The Labute approximate surface area is 166 Å². The van der Waals surface area contributed by atoms with E-state index in [9.17, 15) is 18.0 Å². The van der Waals surface area contributed by atoms with E-state index in [0.717, 1.165) is 17.2 Å². The maximum atomic E-state index is 13.7. The summed E-state index contributed by atoms with van der Waals surface area (Å²) in [6.07, 6.45) is -0.891. The second-order valence-corrected chi connectivity index (χ2v) is 7.57. The Kier molecular flexibility index (Phi) is 5.36. The zero-order chi connectivity index (χ0) is 20.8. The van der Waals surface area contributed by atoms with Crippen LogP contribution in [0.4, 0.5) is 13.2 Å². The molecule has 0 saturated heterocycles. The van der Waals surface area contributed by atoms with Gasteiger partial charge in [0.2, 0.25) is 5.78 Å². The third-order valence-electron chi connectivity index (χ3n) is 4.73. The van der Waals surface area contributed by atoms with Crippen LogP contribution in [0, 0.1) is 5.92 Å². The minimum absolute atomic E-state index is 0.0995. The Morgan fingerprint density at radius 1 is 1.39 bits per heavy atom. The minimum atomic E-state index is -4.78. The predicted octanol–water partition coefficient (Wildman–Crippen LogP) is 5.12. The van der Waals surface area contributed by atoms with Crippen molar-refractivity contribution >= 4 is 29.0 Å². The summed E-state index contributed by atoms with van der Waals surface area (Å²) < 4.78 is 43.5. The lowest BCUT2D eigenvalue weighted by Gasteiger charge is -2.22. The molecule has 0 aliphatic heterocycles. The topological polar surface area (TPSA) is 42.5 Å². The number of nitrogens with zero attached hydrogens (tertiary/aromatic N) is 4. The van der Waals surface area contributed by atoms with Gasteiger partial charge in [0.05, 0.1) is 0 Å². The van der Waals surface area contributed by atoms with Crippen LogP contribution in [-0.2, 0) is 6.18 Å². The fourth-order valence-electron chi connectivity index (χ4n) is 3.11. The number of halogens is 4. The number of fused-ring (bicyclic) bond motifs is 1. The van der Waals surface area contributed by atoms with Gasteiger partial charge in [0.1, 0.15) is 10.8 Å². The van der Waals surface area contributed by atoms with Crippen LogP contribution < -0.4 is 0 Å². The van der Waals surface area contributed by atoms with Gasteiger partial charge in [-0.05, 0) is 37.7 Å². The molecule has 1 saturated carbocycles. The van der Waals surface area contributed by atoms with Gasteiger partial charge < -0.3 is 4.90 Å². The number of hydrogen-bond donors (Lipinski definition) is 0. The van der Waals surface area contributed by atoms with E-state index in [1.807, 2.05) is 6.92 Å². The Morgan fingerprint density at radius 3 is 2.54 bits per heavy atom. The van der Waals surface area contributed by atoms with Crippen molar-refractivity contribution in [2.45, 2.75) is 39.3 Å². The molecule has 2 aromatic heterocycles. The van der Waals surface area contributed by atoms with Crippen molar-refractivity contribution < 1.29 is 18.0 Å². The quantitative estimate of drug-likeness (QED) is 0.590. The van der Waals surface area contributed by atoms with E-state index < -0.39 is 23.5 Å². The molecule has 2 aromatic rings. The minimum Gasteiger partial charge on any atom is -0.337 e. The number of carbonyl (C=O) groups excluding carboxylic acids is 1. The number of amides is 1. The normalized spacial score (nSPS) is 14.5. The number of aromatic nitrogens is 3. The lowest BCUT2D eigenvalue weighted by atomic mass is 10.2. The smallest absolute Gasteiger partial charge is 0.337 e. The summed E-state index contributed by atoms with van der Waals surface area (Å²) in [7, 11) is 0. The summed E-state index contributed by atoms with van der Waals surface area (Å²) in [5.74, 6) is -0.454. The van der Waals surface area contributed by atoms with Crippen LogP contribution in [0.15, 0.2) is 24.9 Å². The first-order valence-electron chi connectivity index (χ1n) is 9.07. The van der Waals surface area contributed by atoms with Crippen LogP contribution in [-0.4, -0.2) is 37.8 Å². The van der Waals surface area contributed by atoms with E-state index in [4.69, 9.17) is 11.6 Å². The third-order valence-corrected chi connectivity index (χ3v) is 5.00. The number of rotatable bonds is 7. The monoisotopic (exact) mass is 414 g/mol. The van der Waals surface area contributed by atoms with Gasteiger partial charge in [-0.2, -0.15) is 13.2 Å². The zero-order valence-electron chi connectivity index (χ0n) is 15.8. The highest BCUT2D eigenvalue weighted by atomic mass is 35.5. The summed E-state index contributed by atoms with van der Waals surface area (Å²) in [6.45, 7) is 11.9. The molecule has 3 rings (SSSR count). The molecule has 0 atom stereocenters. The molecular weight excluding hydrogens is 393 g/mol. The van der Waals surface area contributed by atoms with Crippen LogP contribution in [0.3, 0.4) is 0 Å². The maximum absolute atomic E-state index is 13.7. The summed E-state index contributed by atoms with van der Waals surface area (Å²) in [5, 5.41) is 0.0995. The van der Waals surface area contributed by atoms with Gasteiger partial charge in [-0.3, -0.25) is 13.8 Å². The molecule has 0 aromatic carbocycles. The zero-order valence-corrected chi connectivity index (χ0v) is 16.6. The molecule has 152 valence electrons. The first-order valence-corrected chi connectivity index (χ1v) is 9.45. The number of imidazole rings is 2. The molecule has 5 nitrogen and oxygen atoms in total. The van der Waals surface area contributed by atoms with Crippen LogP contribution >= 0.6 is 11.6 Å². The Balaban J connectivity index is 2.18. The lowest BCUT2D eigenvalue weighted by molar-refractivity contribution is -0.141. The van der Waals surface area contributed by atoms with Crippen molar-refractivity contribution in [1.82, 2.24) is 18.9 Å². The van der Waals surface area contributed by atoms with Gasteiger partial charge in [0.25, 0.3) is 5.91 Å². The standard InChI is InChI=1S/C19H22ClF3N4O/c1-5-8-25(9-13-6-7-13)17(28)15-16(19(21,22)23)24-18-26(15)10-14(20)27(18)12(4)11(2)3/h10,13H,2,4-9H2,1,3H3. The van der Waals surface area contributed by atoms with Gasteiger partial charge >= 0.3 is 6.18 Å². The SMILES string of the molecule is C=C(C)C(=C)n1c(Cl)cn2c(C(=O)N(CCC)CC3CC3)c(C(F)(F)F)nc12. The second kappa shape index (κ2) is 7.31. The van der Waals surface area contributed by atoms with Crippen molar-refractivity contribution in [3.63, 3.8) is 0 Å². The molecule has 0 spiro atoms. The van der Waals surface area contributed by atoms with Crippen LogP contribution in [0.1, 0.15) is 49.3 Å². The van der Waals surface area contributed by atoms with E-state index in [1.165, 1.54) is 15.7 Å². The summed E-state index contributed by atoms with van der Waals surface area (Å²) in [6, 6.07) is 0. The van der Waals surface area contributed by atoms with Gasteiger partial charge in [-0.1, -0.05) is 31.7 Å². The van der Waals surface area contributed by atoms with E-state index in [-0.39, 0.29) is 10.9 Å².